The van der Waals surface area contributed by atoms with Crippen molar-refractivity contribution in [2.75, 3.05) is 4.72 Å². The third-order valence-corrected chi connectivity index (χ3v) is 5.35. The van der Waals surface area contributed by atoms with E-state index in [9.17, 15) is 18.1 Å². The summed E-state index contributed by atoms with van der Waals surface area (Å²) in [5.41, 5.74) is 1.58. The highest BCUT2D eigenvalue weighted by atomic mass is 32.2. The van der Waals surface area contributed by atoms with Crippen LogP contribution in [0.1, 0.15) is 24.5 Å². The van der Waals surface area contributed by atoms with Crippen molar-refractivity contribution in [2.45, 2.75) is 32.6 Å². The van der Waals surface area contributed by atoms with Crippen LogP contribution in [0.4, 0.5) is 14.5 Å². The van der Waals surface area contributed by atoms with E-state index in [4.69, 9.17) is 0 Å². The van der Waals surface area contributed by atoms with E-state index in [1.165, 1.54) is 25.1 Å². The SMILES string of the molecule is CCCn1c(=O)ccc2cc(N[S+]([O-])Cc3ccc(C)c(F)c3F)ccc21. The van der Waals surface area contributed by atoms with Crippen molar-refractivity contribution in [1.29, 1.82) is 0 Å². The molecular weight excluding hydrogens is 370 g/mol. The van der Waals surface area contributed by atoms with Crippen LogP contribution in [0, 0.1) is 18.6 Å². The fraction of sp³-hybridized carbons (Fsp3) is 0.250. The Bertz CT molecular complexity index is 1040. The third kappa shape index (κ3) is 4.14. The fourth-order valence-corrected chi connectivity index (χ4v) is 3.89. The second-order valence-corrected chi connectivity index (χ2v) is 7.54. The van der Waals surface area contributed by atoms with Crippen LogP contribution in [0.3, 0.4) is 0 Å². The number of nitrogens with one attached hydrogen (secondary N) is 1. The lowest BCUT2D eigenvalue weighted by Crippen LogP contribution is -2.19. The molecule has 1 atom stereocenters. The maximum atomic E-state index is 14.0. The van der Waals surface area contributed by atoms with Crippen LogP contribution in [0.15, 0.2) is 47.3 Å². The first-order chi connectivity index (χ1) is 12.9. The summed E-state index contributed by atoms with van der Waals surface area (Å²) in [4.78, 5) is 12.0. The van der Waals surface area contributed by atoms with E-state index >= 15 is 0 Å². The van der Waals surface area contributed by atoms with Crippen molar-refractivity contribution < 1.29 is 13.3 Å². The summed E-state index contributed by atoms with van der Waals surface area (Å²) < 4.78 is 44.5. The van der Waals surface area contributed by atoms with Gasteiger partial charge in [-0.15, -0.1) is 0 Å². The molecule has 1 unspecified atom stereocenters. The maximum absolute atomic E-state index is 14.0. The number of fused-ring (bicyclic) bond motifs is 1. The van der Waals surface area contributed by atoms with Crippen LogP contribution in [-0.2, 0) is 23.7 Å². The van der Waals surface area contributed by atoms with Gasteiger partial charge >= 0.3 is 0 Å². The molecule has 0 bridgehead atoms. The highest BCUT2D eigenvalue weighted by Crippen LogP contribution is 2.22. The Kier molecular flexibility index (Phi) is 5.82. The number of anilines is 1. The van der Waals surface area contributed by atoms with Crippen molar-refractivity contribution >= 4 is 28.0 Å². The summed E-state index contributed by atoms with van der Waals surface area (Å²) >= 11 is -1.63. The summed E-state index contributed by atoms with van der Waals surface area (Å²) in [6.07, 6.45) is 0.835. The summed E-state index contributed by atoms with van der Waals surface area (Å²) in [6, 6.07) is 11.4. The molecule has 142 valence electrons. The van der Waals surface area contributed by atoms with E-state index in [2.05, 4.69) is 4.72 Å². The van der Waals surface area contributed by atoms with Crippen molar-refractivity contribution in [3.63, 3.8) is 0 Å². The Labute approximate surface area is 159 Å². The molecule has 0 saturated carbocycles. The lowest BCUT2D eigenvalue weighted by atomic mass is 10.1. The molecule has 1 N–H and O–H groups in total. The fourth-order valence-electron chi connectivity index (χ4n) is 2.93. The minimum Gasteiger partial charge on any atom is -0.593 e. The van der Waals surface area contributed by atoms with Gasteiger partial charge in [0, 0.05) is 23.6 Å². The minimum atomic E-state index is -1.63. The smallest absolute Gasteiger partial charge is 0.251 e. The van der Waals surface area contributed by atoms with Gasteiger partial charge in [-0.05, 0) is 43.2 Å². The first kappa shape index (κ1) is 19.4. The molecule has 0 amide bonds. The zero-order valence-electron chi connectivity index (χ0n) is 15.1. The van der Waals surface area contributed by atoms with Gasteiger partial charge in [0.1, 0.15) is 0 Å². The molecule has 7 heteroatoms. The summed E-state index contributed by atoms with van der Waals surface area (Å²) in [5, 5.41) is 0.831. The number of hydrogen-bond acceptors (Lipinski definition) is 3. The number of nitrogens with zero attached hydrogens (tertiary/aromatic N) is 1. The first-order valence-electron chi connectivity index (χ1n) is 8.63. The Morgan fingerprint density at radius 3 is 2.63 bits per heavy atom. The van der Waals surface area contributed by atoms with Crippen LogP contribution < -0.4 is 10.3 Å². The molecule has 0 fully saturated rings. The number of rotatable bonds is 6. The molecule has 0 aliphatic carbocycles. The topological polar surface area (TPSA) is 57.1 Å². The molecular formula is C20H20F2N2O2S. The predicted octanol–water partition coefficient (Wildman–Crippen LogP) is 4.27. The molecule has 3 rings (SSSR count). The first-order valence-corrected chi connectivity index (χ1v) is 9.94. The quantitative estimate of drug-likeness (QED) is 0.640. The number of hydrogen-bond donors (Lipinski definition) is 1. The summed E-state index contributed by atoms with van der Waals surface area (Å²) in [6.45, 7) is 4.09. The van der Waals surface area contributed by atoms with Gasteiger partial charge in [0.05, 0.1) is 22.6 Å². The van der Waals surface area contributed by atoms with Gasteiger partial charge < -0.3 is 9.12 Å². The van der Waals surface area contributed by atoms with Crippen LogP contribution in [0.5, 0.6) is 0 Å². The third-order valence-electron chi connectivity index (χ3n) is 4.31. The van der Waals surface area contributed by atoms with Crippen molar-refractivity contribution in [3.05, 3.63) is 75.6 Å². The number of aromatic nitrogens is 1. The van der Waals surface area contributed by atoms with Crippen LogP contribution >= 0.6 is 0 Å². The predicted molar refractivity (Wildman–Crippen MR) is 105 cm³/mol. The number of aryl methyl sites for hydroxylation is 2. The molecule has 1 aromatic heterocycles. The van der Waals surface area contributed by atoms with Gasteiger partial charge in [-0.25, -0.2) is 13.5 Å². The molecule has 0 radical (unpaired) electrons. The van der Waals surface area contributed by atoms with Crippen molar-refractivity contribution in [3.8, 4) is 0 Å². The van der Waals surface area contributed by atoms with Gasteiger partial charge in [-0.3, -0.25) is 4.79 Å². The summed E-state index contributed by atoms with van der Waals surface area (Å²) in [5.74, 6) is -2.03. The molecule has 3 aromatic rings. The molecule has 0 aliphatic rings. The minimum absolute atomic E-state index is 0.0570. The van der Waals surface area contributed by atoms with Gasteiger partial charge in [-0.1, -0.05) is 19.1 Å². The number of pyridine rings is 1. The van der Waals surface area contributed by atoms with Gasteiger partial charge in [-0.2, -0.15) is 0 Å². The van der Waals surface area contributed by atoms with Crippen LogP contribution in [-0.4, -0.2) is 9.12 Å². The Balaban J connectivity index is 1.81. The van der Waals surface area contributed by atoms with Gasteiger partial charge in [0.15, 0.2) is 17.4 Å². The molecule has 27 heavy (non-hydrogen) atoms. The average Bonchev–Trinajstić information content (AvgIpc) is 2.64. The summed E-state index contributed by atoms with van der Waals surface area (Å²) in [7, 11) is 0. The van der Waals surface area contributed by atoms with Gasteiger partial charge in [0.25, 0.3) is 5.56 Å². The van der Waals surface area contributed by atoms with Crippen molar-refractivity contribution in [1.82, 2.24) is 4.57 Å². The zero-order chi connectivity index (χ0) is 19.6. The van der Waals surface area contributed by atoms with E-state index in [1.54, 1.807) is 28.8 Å². The Morgan fingerprint density at radius 2 is 1.89 bits per heavy atom. The largest absolute Gasteiger partial charge is 0.593 e. The van der Waals surface area contributed by atoms with Crippen molar-refractivity contribution in [2.24, 2.45) is 0 Å². The lowest BCUT2D eigenvalue weighted by molar-refractivity contribution is 0.496. The second kappa shape index (κ2) is 8.10. The number of halogens is 2. The molecule has 0 spiro atoms. The van der Waals surface area contributed by atoms with E-state index in [-0.39, 0.29) is 22.4 Å². The standard InChI is InChI=1S/C20H20F2N2O2S/c1-3-10-24-17-8-7-16(11-14(17)6-9-18(24)25)23-27(26)12-15-5-4-13(2)19(21)20(15)22/h4-9,11,23H,3,10,12H2,1-2H3. The number of benzene rings is 2. The molecule has 1 heterocycles. The average molecular weight is 390 g/mol. The van der Waals surface area contributed by atoms with E-state index in [1.807, 2.05) is 6.92 Å². The van der Waals surface area contributed by atoms with E-state index in [0.29, 0.717) is 12.2 Å². The second-order valence-electron chi connectivity index (χ2n) is 6.36. The van der Waals surface area contributed by atoms with E-state index < -0.39 is 23.0 Å². The zero-order valence-corrected chi connectivity index (χ0v) is 15.9. The molecule has 0 aliphatic heterocycles. The molecule has 0 saturated heterocycles. The maximum Gasteiger partial charge on any atom is 0.251 e. The highest BCUT2D eigenvalue weighted by molar-refractivity contribution is 7.91. The lowest BCUT2D eigenvalue weighted by Gasteiger charge is -2.14. The Hall–Kier alpha value is -2.38. The van der Waals surface area contributed by atoms with Crippen LogP contribution in [0.2, 0.25) is 0 Å². The van der Waals surface area contributed by atoms with Gasteiger partial charge in [0.2, 0.25) is 0 Å². The Morgan fingerprint density at radius 1 is 1.11 bits per heavy atom. The molecule has 2 aromatic carbocycles. The van der Waals surface area contributed by atoms with Crippen LogP contribution in [0.25, 0.3) is 10.9 Å². The normalized spacial score (nSPS) is 12.3. The molecule has 4 nitrogen and oxygen atoms in total. The van der Waals surface area contributed by atoms with E-state index in [0.717, 1.165) is 17.3 Å². The monoisotopic (exact) mass is 390 g/mol. The highest BCUT2D eigenvalue weighted by Gasteiger charge is 2.17.